The van der Waals surface area contributed by atoms with Crippen LogP contribution in [-0.2, 0) is 4.74 Å². The van der Waals surface area contributed by atoms with Crippen LogP contribution in [0.3, 0.4) is 0 Å². The predicted molar refractivity (Wildman–Crippen MR) is 96.4 cm³/mol. The van der Waals surface area contributed by atoms with Gasteiger partial charge in [0.05, 0.1) is 18.0 Å². The Morgan fingerprint density at radius 3 is 2.81 bits per heavy atom. The summed E-state index contributed by atoms with van der Waals surface area (Å²) in [6.45, 7) is 4.92. The molecule has 3 rings (SSSR count). The average Bonchev–Trinajstić information content (AvgIpc) is 2.63. The van der Waals surface area contributed by atoms with Gasteiger partial charge in [-0.1, -0.05) is 0 Å². The second-order valence-corrected chi connectivity index (χ2v) is 6.34. The lowest BCUT2D eigenvalue weighted by molar-refractivity contribution is 0.0507. The third kappa shape index (κ3) is 5.05. The number of hydrogen-bond acceptors (Lipinski definition) is 7. The fourth-order valence-corrected chi connectivity index (χ4v) is 2.66. The summed E-state index contributed by atoms with van der Waals surface area (Å²) in [4.78, 5) is 26.1. The van der Waals surface area contributed by atoms with Gasteiger partial charge in [-0.25, -0.2) is 14.8 Å². The van der Waals surface area contributed by atoms with E-state index >= 15 is 0 Å². The topological polar surface area (TPSA) is 89.5 Å². The molecule has 0 unspecified atom stereocenters. The van der Waals surface area contributed by atoms with Crippen molar-refractivity contribution < 1.29 is 14.3 Å². The number of rotatable bonds is 5. The van der Waals surface area contributed by atoms with Gasteiger partial charge in [0.2, 0.25) is 5.88 Å². The maximum Gasteiger partial charge on any atom is 0.410 e. The molecule has 3 heterocycles. The Morgan fingerprint density at radius 2 is 2.12 bits per heavy atom. The summed E-state index contributed by atoms with van der Waals surface area (Å²) in [5.74, 6) is 1.15. The molecule has 1 N–H and O–H groups in total. The van der Waals surface area contributed by atoms with Crippen LogP contribution in [0.2, 0.25) is 0 Å². The molecule has 1 amide bonds. The van der Waals surface area contributed by atoms with Crippen molar-refractivity contribution in [3.63, 3.8) is 0 Å². The second-order valence-electron chi connectivity index (χ2n) is 6.34. The minimum atomic E-state index is -0.261. The second kappa shape index (κ2) is 8.46. The van der Waals surface area contributed by atoms with E-state index in [9.17, 15) is 4.79 Å². The number of pyridine rings is 1. The van der Waals surface area contributed by atoms with Crippen molar-refractivity contribution in [3.05, 3.63) is 36.9 Å². The van der Waals surface area contributed by atoms with Gasteiger partial charge in [0.25, 0.3) is 0 Å². The molecule has 8 nitrogen and oxygen atoms in total. The molecule has 0 atom stereocenters. The van der Waals surface area contributed by atoms with Crippen LogP contribution in [0, 0.1) is 0 Å². The summed E-state index contributed by atoms with van der Waals surface area (Å²) in [6.07, 6.45) is 6.01. The highest BCUT2D eigenvalue weighted by molar-refractivity contribution is 5.67. The Balaban J connectivity index is 1.52. The Labute approximate surface area is 152 Å². The van der Waals surface area contributed by atoms with E-state index in [0.29, 0.717) is 24.8 Å². The van der Waals surface area contributed by atoms with Gasteiger partial charge in [0, 0.05) is 38.2 Å². The molecule has 0 bridgehead atoms. The fraction of sp³-hybridized carbons (Fsp3) is 0.444. The molecule has 0 spiro atoms. The third-order valence-electron chi connectivity index (χ3n) is 3.90. The van der Waals surface area contributed by atoms with Crippen molar-refractivity contribution in [2.45, 2.75) is 38.9 Å². The number of ether oxygens (including phenoxy) is 2. The van der Waals surface area contributed by atoms with Gasteiger partial charge in [-0.05, 0) is 26.0 Å². The lowest BCUT2D eigenvalue weighted by Crippen LogP contribution is -2.42. The SMILES string of the molecule is CC(C)OC(=O)N1CCC(Oc2cc(Nc3cccnc3)ncn2)CC1. The smallest absolute Gasteiger partial charge is 0.410 e. The Kier molecular flexibility index (Phi) is 5.83. The van der Waals surface area contributed by atoms with Crippen LogP contribution in [0.4, 0.5) is 16.3 Å². The van der Waals surface area contributed by atoms with Crippen molar-refractivity contribution in [3.8, 4) is 5.88 Å². The first kappa shape index (κ1) is 17.9. The average molecular weight is 357 g/mol. The lowest BCUT2D eigenvalue weighted by atomic mass is 10.1. The van der Waals surface area contributed by atoms with E-state index < -0.39 is 0 Å². The van der Waals surface area contributed by atoms with E-state index in [1.54, 1.807) is 23.4 Å². The van der Waals surface area contributed by atoms with Crippen molar-refractivity contribution in [2.24, 2.45) is 0 Å². The lowest BCUT2D eigenvalue weighted by Gasteiger charge is -2.31. The molecule has 0 aliphatic carbocycles. The zero-order valence-corrected chi connectivity index (χ0v) is 15.0. The van der Waals surface area contributed by atoms with E-state index in [1.807, 2.05) is 26.0 Å². The summed E-state index contributed by atoms with van der Waals surface area (Å²) < 4.78 is 11.2. The number of anilines is 2. The van der Waals surface area contributed by atoms with Crippen molar-refractivity contribution >= 4 is 17.6 Å². The summed E-state index contributed by atoms with van der Waals surface area (Å²) in [7, 11) is 0. The van der Waals surface area contributed by atoms with Crippen molar-refractivity contribution in [1.29, 1.82) is 0 Å². The normalized spacial score (nSPS) is 15.0. The van der Waals surface area contributed by atoms with Gasteiger partial charge in [0.1, 0.15) is 18.2 Å². The number of likely N-dealkylation sites (tertiary alicyclic amines) is 1. The van der Waals surface area contributed by atoms with Crippen LogP contribution in [0.15, 0.2) is 36.9 Å². The number of hydrogen-bond donors (Lipinski definition) is 1. The summed E-state index contributed by atoms with van der Waals surface area (Å²) in [5, 5.41) is 3.16. The van der Waals surface area contributed by atoms with Crippen LogP contribution in [-0.4, -0.2) is 51.2 Å². The van der Waals surface area contributed by atoms with Crippen molar-refractivity contribution in [2.75, 3.05) is 18.4 Å². The first-order valence-corrected chi connectivity index (χ1v) is 8.71. The van der Waals surface area contributed by atoms with Gasteiger partial charge < -0.3 is 19.7 Å². The highest BCUT2D eigenvalue weighted by atomic mass is 16.6. The molecule has 1 aliphatic rings. The molecular formula is C18H23N5O3. The van der Waals surface area contributed by atoms with Crippen LogP contribution >= 0.6 is 0 Å². The predicted octanol–water partition coefficient (Wildman–Crippen LogP) is 3.00. The van der Waals surface area contributed by atoms with Crippen LogP contribution < -0.4 is 10.1 Å². The number of nitrogens with one attached hydrogen (secondary N) is 1. The molecule has 8 heteroatoms. The zero-order valence-electron chi connectivity index (χ0n) is 15.0. The zero-order chi connectivity index (χ0) is 18.4. The van der Waals surface area contributed by atoms with Gasteiger partial charge in [-0.3, -0.25) is 4.98 Å². The summed E-state index contributed by atoms with van der Waals surface area (Å²) in [5.41, 5.74) is 0.842. The van der Waals surface area contributed by atoms with Crippen LogP contribution in [0.5, 0.6) is 5.88 Å². The number of carbonyl (C=O) groups excluding carboxylic acids is 1. The van der Waals surface area contributed by atoms with Crippen LogP contribution in [0.1, 0.15) is 26.7 Å². The molecule has 0 saturated carbocycles. The first-order valence-electron chi connectivity index (χ1n) is 8.71. The molecule has 1 fully saturated rings. The highest BCUT2D eigenvalue weighted by Gasteiger charge is 2.25. The minimum absolute atomic E-state index is 0.0132. The van der Waals surface area contributed by atoms with E-state index in [-0.39, 0.29) is 18.3 Å². The van der Waals surface area contributed by atoms with E-state index in [1.165, 1.54) is 6.33 Å². The minimum Gasteiger partial charge on any atom is -0.474 e. The Morgan fingerprint density at radius 1 is 1.31 bits per heavy atom. The monoisotopic (exact) mass is 357 g/mol. The van der Waals surface area contributed by atoms with Crippen LogP contribution in [0.25, 0.3) is 0 Å². The number of carbonyl (C=O) groups is 1. The van der Waals surface area contributed by atoms with Crippen molar-refractivity contribution in [1.82, 2.24) is 19.9 Å². The van der Waals surface area contributed by atoms with Gasteiger partial charge >= 0.3 is 6.09 Å². The number of amides is 1. The number of aromatic nitrogens is 3. The molecule has 2 aromatic heterocycles. The number of piperidine rings is 1. The first-order chi connectivity index (χ1) is 12.6. The Hall–Kier alpha value is -2.90. The van der Waals surface area contributed by atoms with Gasteiger partial charge in [-0.2, -0.15) is 0 Å². The molecular weight excluding hydrogens is 334 g/mol. The van der Waals surface area contributed by atoms with E-state index in [4.69, 9.17) is 9.47 Å². The Bertz CT molecular complexity index is 718. The molecule has 1 saturated heterocycles. The molecule has 0 aromatic carbocycles. The standard InChI is InChI=1S/C18H23N5O3/c1-13(2)25-18(24)23-8-5-15(6-9-23)26-17-10-16(20-12-21-17)22-14-4-3-7-19-11-14/h3-4,7,10-13,15H,5-6,8-9H2,1-2H3,(H,20,21,22). The van der Waals surface area contributed by atoms with Gasteiger partial charge in [-0.15, -0.1) is 0 Å². The maximum absolute atomic E-state index is 11.9. The summed E-state index contributed by atoms with van der Waals surface area (Å²) in [6, 6.07) is 5.51. The number of nitrogens with zero attached hydrogens (tertiary/aromatic N) is 4. The maximum atomic E-state index is 11.9. The molecule has 138 valence electrons. The van der Waals surface area contributed by atoms with Gasteiger partial charge in [0.15, 0.2) is 0 Å². The highest BCUT2D eigenvalue weighted by Crippen LogP contribution is 2.21. The molecule has 1 aliphatic heterocycles. The molecule has 26 heavy (non-hydrogen) atoms. The van der Waals surface area contributed by atoms with E-state index in [2.05, 4.69) is 20.3 Å². The molecule has 0 radical (unpaired) electrons. The molecule has 2 aromatic rings. The third-order valence-corrected chi connectivity index (χ3v) is 3.90. The van der Waals surface area contributed by atoms with E-state index in [0.717, 1.165) is 18.5 Å². The summed E-state index contributed by atoms with van der Waals surface area (Å²) >= 11 is 0. The fourth-order valence-electron chi connectivity index (χ4n) is 2.66. The quantitative estimate of drug-likeness (QED) is 0.880. The largest absolute Gasteiger partial charge is 0.474 e.